The van der Waals surface area contributed by atoms with Gasteiger partial charge in [-0.15, -0.1) is 0 Å². The zero-order valence-electron chi connectivity index (χ0n) is 9.27. The van der Waals surface area contributed by atoms with Crippen LogP contribution in [0.15, 0.2) is 36.4 Å². The number of carbonyl (C=O) groups is 1. The molecule has 3 heteroatoms. The number of benzene rings is 1. The fourth-order valence-corrected chi connectivity index (χ4v) is 1.47. The van der Waals surface area contributed by atoms with E-state index in [1.54, 1.807) is 6.07 Å². The van der Waals surface area contributed by atoms with Crippen LogP contribution in [-0.2, 0) is 0 Å². The van der Waals surface area contributed by atoms with Gasteiger partial charge in [0.15, 0.2) is 11.6 Å². The molecule has 0 fully saturated rings. The van der Waals surface area contributed by atoms with E-state index in [0.29, 0.717) is 11.5 Å². The van der Waals surface area contributed by atoms with Gasteiger partial charge in [0.1, 0.15) is 5.69 Å². The van der Waals surface area contributed by atoms with E-state index in [9.17, 15) is 4.79 Å². The van der Waals surface area contributed by atoms with Crippen LogP contribution in [0.25, 0.3) is 11.4 Å². The van der Waals surface area contributed by atoms with Crippen molar-refractivity contribution in [3.05, 3.63) is 47.8 Å². The molecule has 2 rings (SSSR count). The molecule has 0 aliphatic carbocycles. The van der Waals surface area contributed by atoms with Crippen molar-refractivity contribution in [2.24, 2.45) is 0 Å². The standard InChI is InChI=1S/C13H12N2O/c1-9-8-12(10(2)16)15-13(14-9)11-6-4-3-5-7-11/h3-8H,1-2H3. The van der Waals surface area contributed by atoms with Gasteiger partial charge in [-0.1, -0.05) is 30.3 Å². The molecule has 0 saturated carbocycles. The highest BCUT2D eigenvalue weighted by Gasteiger charge is 2.07. The first-order valence-electron chi connectivity index (χ1n) is 5.09. The van der Waals surface area contributed by atoms with Crippen LogP contribution < -0.4 is 0 Å². The summed E-state index contributed by atoms with van der Waals surface area (Å²) in [7, 11) is 0. The molecule has 16 heavy (non-hydrogen) atoms. The van der Waals surface area contributed by atoms with Gasteiger partial charge in [-0.3, -0.25) is 4.79 Å². The Hall–Kier alpha value is -2.03. The Balaban J connectivity index is 2.54. The summed E-state index contributed by atoms with van der Waals surface area (Å²) in [4.78, 5) is 19.9. The van der Waals surface area contributed by atoms with E-state index >= 15 is 0 Å². The average Bonchev–Trinajstić information content (AvgIpc) is 2.29. The third-order valence-corrected chi connectivity index (χ3v) is 2.25. The van der Waals surface area contributed by atoms with Crippen molar-refractivity contribution in [1.82, 2.24) is 9.97 Å². The van der Waals surface area contributed by atoms with Crippen molar-refractivity contribution in [2.45, 2.75) is 13.8 Å². The number of ketones is 1. The van der Waals surface area contributed by atoms with Crippen molar-refractivity contribution in [3.63, 3.8) is 0 Å². The van der Waals surface area contributed by atoms with E-state index in [-0.39, 0.29) is 5.78 Å². The Morgan fingerprint density at radius 2 is 1.81 bits per heavy atom. The van der Waals surface area contributed by atoms with Crippen molar-refractivity contribution in [2.75, 3.05) is 0 Å². The summed E-state index contributed by atoms with van der Waals surface area (Å²) in [5, 5.41) is 0. The fraction of sp³-hybridized carbons (Fsp3) is 0.154. The normalized spacial score (nSPS) is 10.1. The number of aromatic nitrogens is 2. The minimum Gasteiger partial charge on any atom is -0.293 e. The molecule has 1 aromatic carbocycles. The molecule has 3 nitrogen and oxygen atoms in total. The number of carbonyl (C=O) groups excluding carboxylic acids is 1. The van der Waals surface area contributed by atoms with Crippen LogP contribution in [-0.4, -0.2) is 15.8 Å². The lowest BCUT2D eigenvalue weighted by Gasteiger charge is -2.03. The predicted octanol–water partition coefficient (Wildman–Crippen LogP) is 2.65. The molecule has 0 N–H and O–H groups in total. The second kappa shape index (κ2) is 4.23. The fourth-order valence-electron chi connectivity index (χ4n) is 1.47. The smallest absolute Gasteiger partial charge is 0.178 e. The molecule has 0 spiro atoms. The number of rotatable bonds is 2. The monoisotopic (exact) mass is 212 g/mol. The van der Waals surface area contributed by atoms with Crippen LogP contribution >= 0.6 is 0 Å². The van der Waals surface area contributed by atoms with Crippen LogP contribution in [0.4, 0.5) is 0 Å². The number of aryl methyl sites for hydroxylation is 1. The first kappa shape index (κ1) is 10.5. The molecule has 0 radical (unpaired) electrons. The molecule has 1 heterocycles. The first-order valence-corrected chi connectivity index (χ1v) is 5.09. The minimum atomic E-state index is -0.0392. The second-order valence-electron chi connectivity index (χ2n) is 3.64. The highest BCUT2D eigenvalue weighted by atomic mass is 16.1. The van der Waals surface area contributed by atoms with Crippen LogP contribution in [0.5, 0.6) is 0 Å². The molecule has 0 atom stereocenters. The van der Waals surface area contributed by atoms with Gasteiger partial charge in [0.05, 0.1) is 0 Å². The van der Waals surface area contributed by atoms with Gasteiger partial charge >= 0.3 is 0 Å². The van der Waals surface area contributed by atoms with Gasteiger partial charge in [0, 0.05) is 18.2 Å². The summed E-state index contributed by atoms with van der Waals surface area (Å²) in [5.41, 5.74) is 2.19. The van der Waals surface area contributed by atoms with Crippen molar-refractivity contribution < 1.29 is 4.79 Å². The van der Waals surface area contributed by atoms with Crippen LogP contribution in [0.2, 0.25) is 0 Å². The molecule has 0 bridgehead atoms. The molecule has 0 unspecified atom stereocenters. The zero-order valence-corrected chi connectivity index (χ0v) is 9.27. The lowest BCUT2D eigenvalue weighted by Crippen LogP contribution is -2.01. The molecule has 0 aliphatic heterocycles. The zero-order chi connectivity index (χ0) is 11.5. The van der Waals surface area contributed by atoms with Crippen molar-refractivity contribution >= 4 is 5.78 Å². The molecule has 0 amide bonds. The Bertz CT molecular complexity index is 521. The molecular formula is C13H12N2O. The van der Waals surface area contributed by atoms with Crippen LogP contribution in [0, 0.1) is 6.92 Å². The second-order valence-corrected chi connectivity index (χ2v) is 3.64. The van der Waals surface area contributed by atoms with Gasteiger partial charge < -0.3 is 0 Å². The summed E-state index contributed by atoms with van der Waals surface area (Å²) >= 11 is 0. The van der Waals surface area contributed by atoms with Crippen molar-refractivity contribution in [3.8, 4) is 11.4 Å². The summed E-state index contributed by atoms with van der Waals surface area (Å²) in [6, 6.07) is 11.3. The molecule has 80 valence electrons. The number of Topliss-reactive ketones (excluding diaryl/α,β-unsaturated/α-hetero) is 1. The topological polar surface area (TPSA) is 42.9 Å². The Morgan fingerprint density at radius 3 is 2.44 bits per heavy atom. The Kier molecular flexibility index (Phi) is 2.77. The number of nitrogens with zero attached hydrogens (tertiary/aromatic N) is 2. The number of hydrogen-bond acceptors (Lipinski definition) is 3. The van der Waals surface area contributed by atoms with E-state index in [0.717, 1.165) is 11.3 Å². The quantitative estimate of drug-likeness (QED) is 0.719. The third-order valence-electron chi connectivity index (χ3n) is 2.25. The molecular weight excluding hydrogens is 200 g/mol. The van der Waals surface area contributed by atoms with Crippen LogP contribution in [0.3, 0.4) is 0 Å². The maximum atomic E-state index is 11.3. The number of hydrogen-bond donors (Lipinski definition) is 0. The highest BCUT2D eigenvalue weighted by Crippen LogP contribution is 2.15. The maximum Gasteiger partial charge on any atom is 0.178 e. The Labute approximate surface area is 94.2 Å². The largest absolute Gasteiger partial charge is 0.293 e. The first-order chi connectivity index (χ1) is 7.66. The molecule has 2 aromatic rings. The third kappa shape index (κ3) is 2.14. The lowest BCUT2D eigenvalue weighted by molar-refractivity contribution is 0.101. The van der Waals surface area contributed by atoms with E-state index < -0.39 is 0 Å². The molecule has 0 saturated heterocycles. The predicted molar refractivity (Wildman–Crippen MR) is 62.2 cm³/mol. The van der Waals surface area contributed by atoms with Gasteiger partial charge in [0.25, 0.3) is 0 Å². The maximum absolute atomic E-state index is 11.3. The van der Waals surface area contributed by atoms with E-state index in [2.05, 4.69) is 9.97 Å². The Morgan fingerprint density at radius 1 is 1.12 bits per heavy atom. The summed E-state index contributed by atoms with van der Waals surface area (Å²) in [6.45, 7) is 3.37. The summed E-state index contributed by atoms with van der Waals surface area (Å²) < 4.78 is 0. The van der Waals surface area contributed by atoms with Gasteiger partial charge in [-0.25, -0.2) is 9.97 Å². The van der Waals surface area contributed by atoms with Crippen molar-refractivity contribution in [1.29, 1.82) is 0 Å². The van der Waals surface area contributed by atoms with E-state index in [4.69, 9.17) is 0 Å². The average molecular weight is 212 g/mol. The van der Waals surface area contributed by atoms with Gasteiger partial charge in [-0.05, 0) is 13.0 Å². The summed E-state index contributed by atoms with van der Waals surface area (Å²) in [6.07, 6.45) is 0. The lowest BCUT2D eigenvalue weighted by atomic mass is 10.2. The van der Waals surface area contributed by atoms with E-state index in [1.165, 1.54) is 6.92 Å². The summed E-state index contributed by atoms with van der Waals surface area (Å²) in [5.74, 6) is 0.563. The van der Waals surface area contributed by atoms with Gasteiger partial charge in [0.2, 0.25) is 0 Å². The highest BCUT2D eigenvalue weighted by molar-refractivity contribution is 5.92. The molecule has 0 aliphatic rings. The van der Waals surface area contributed by atoms with Crippen LogP contribution in [0.1, 0.15) is 23.1 Å². The minimum absolute atomic E-state index is 0.0392. The molecule has 1 aromatic heterocycles. The SMILES string of the molecule is CC(=O)c1cc(C)nc(-c2ccccc2)n1. The van der Waals surface area contributed by atoms with E-state index in [1.807, 2.05) is 37.3 Å². The van der Waals surface area contributed by atoms with Gasteiger partial charge in [-0.2, -0.15) is 0 Å².